The Hall–Kier alpha value is -1.64. The first-order valence-electron chi connectivity index (χ1n) is 6.65. The number of ketones is 1. The first-order chi connectivity index (χ1) is 8.95. The first kappa shape index (κ1) is 13.8. The minimum absolute atomic E-state index is 0.0964. The van der Waals surface area contributed by atoms with E-state index in [1.165, 1.54) is 7.11 Å². The maximum atomic E-state index is 12.0. The molecule has 2 aliphatic rings. The van der Waals surface area contributed by atoms with E-state index in [1.807, 2.05) is 13.8 Å². The topological polar surface area (TPSA) is 43.4 Å². The molecule has 0 amide bonds. The molecule has 0 radical (unpaired) electrons. The minimum Gasteiger partial charge on any atom is -0.466 e. The summed E-state index contributed by atoms with van der Waals surface area (Å²) in [6.07, 6.45) is 4.22. The van der Waals surface area contributed by atoms with Gasteiger partial charge >= 0.3 is 5.97 Å². The number of carbonyl (C=O) groups excluding carboxylic acids is 2. The monoisotopic (exact) mass is 260 g/mol. The number of ether oxygens (including phenoxy) is 1. The van der Waals surface area contributed by atoms with Gasteiger partial charge in [0.15, 0.2) is 5.78 Å². The maximum Gasteiger partial charge on any atom is 0.333 e. The molecule has 2 atom stereocenters. The molecule has 3 heteroatoms. The third-order valence-corrected chi connectivity index (χ3v) is 4.31. The molecule has 3 nitrogen and oxygen atoms in total. The second-order valence-corrected chi connectivity index (χ2v) is 5.49. The summed E-state index contributed by atoms with van der Waals surface area (Å²) in [7, 11) is 1.38. The molecule has 0 saturated heterocycles. The lowest BCUT2D eigenvalue weighted by Crippen LogP contribution is -2.17. The largest absolute Gasteiger partial charge is 0.466 e. The Morgan fingerprint density at radius 2 is 2.11 bits per heavy atom. The van der Waals surface area contributed by atoms with Crippen LogP contribution in [0.15, 0.2) is 34.9 Å². The van der Waals surface area contributed by atoms with Crippen LogP contribution >= 0.6 is 0 Å². The van der Waals surface area contributed by atoms with E-state index in [-0.39, 0.29) is 23.6 Å². The highest BCUT2D eigenvalue weighted by Gasteiger charge is 2.35. The van der Waals surface area contributed by atoms with Crippen molar-refractivity contribution in [2.45, 2.75) is 33.1 Å². The average Bonchev–Trinajstić information content (AvgIpc) is 2.56. The second-order valence-electron chi connectivity index (χ2n) is 5.49. The molecule has 0 aromatic heterocycles. The summed E-state index contributed by atoms with van der Waals surface area (Å²) in [5, 5.41) is 0. The summed E-state index contributed by atoms with van der Waals surface area (Å²) >= 11 is 0. The van der Waals surface area contributed by atoms with Gasteiger partial charge in [-0.25, -0.2) is 4.79 Å². The predicted molar refractivity (Wildman–Crippen MR) is 73.5 cm³/mol. The number of rotatable bonds is 2. The van der Waals surface area contributed by atoms with Crippen molar-refractivity contribution in [3.63, 3.8) is 0 Å². The Morgan fingerprint density at radius 1 is 1.42 bits per heavy atom. The minimum atomic E-state index is -0.336. The normalized spacial score (nSPS) is 26.7. The SMILES string of the molecule is C=C(C(=O)OC)[C@@H]1CCC(C)=C2C(=O)C=C(C)[C@@H]2C1. The predicted octanol–water partition coefficient (Wildman–Crippen LogP) is 2.98. The molecule has 0 N–H and O–H groups in total. The average molecular weight is 260 g/mol. The van der Waals surface area contributed by atoms with E-state index in [0.717, 1.165) is 36.0 Å². The van der Waals surface area contributed by atoms with E-state index in [4.69, 9.17) is 4.74 Å². The maximum absolute atomic E-state index is 12.0. The van der Waals surface area contributed by atoms with Crippen molar-refractivity contribution < 1.29 is 14.3 Å². The zero-order valence-corrected chi connectivity index (χ0v) is 11.8. The summed E-state index contributed by atoms with van der Waals surface area (Å²) in [4.78, 5) is 23.6. The summed E-state index contributed by atoms with van der Waals surface area (Å²) in [6, 6.07) is 0. The molecular weight excluding hydrogens is 240 g/mol. The van der Waals surface area contributed by atoms with Gasteiger partial charge in [0.25, 0.3) is 0 Å². The van der Waals surface area contributed by atoms with Gasteiger partial charge < -0.3 is 4.74 Å². The molecule has 0 unspecified atom stereocenters. The number of hydrogen-bond acceptors (Lipinski definition) is 3. The third kappa shape index (κ3) is 2.42. The number of fused-ring (bicyclic) bond motifs is 1. The number of esters is 1. The molecule has 0 bridgehead atoms. The van der Waals surface area contributed by atoms with Crippen LogP contribution in [0, 0.1) is 11.8 Å². The van der Waals surface area contributed by atoms with E-state index in [2.05, 4.69) is 6.58 Å². The van der Waals surface area contributed by atoms with Gasteiger partial charge in [0.1, 0.15) is 0 Å². The molecule has 0 heterocycles. The molecule has 0 saturated carbocycles. The van der Waals surface area contributed by atoms with Gasteiger partial charge in [-0.3, -0.25) is 4.79 Å². The number of methoxy groups -OCH3 is 1. The third-order valence-electron chi connectivity index (χ3n) is 4.31. The van der Waals surface area contributed by atoms with E-state index >= 15 is 0 Å². The fourth-order valence-corrected chi connectivity index (χ4v) is 3.14. The standard InChI is InChI=1S/C16H20O3/c1-9-5-6-12(11(3)16(18)19-4)8-13-10(2)7-14(17)15(9)13/h7,12-13H,3,5-6,8H2,1-2,4H3/t12-,13+/m1/s1. The van der Waals surface area contributed by atoms with Crippen molar-refractivity contribution in [2.75, 3.05) is 7.11 Å². The van der Waals surface area contributed by atoms with Crippen molar-refractivity contribution in [2.24, 2.45) is 11.8 Å². The fraction of sp³-hybridized carbons (Fsp3) is 0.500. The van der Waals surface area contributed by atoms with Gasteiger partial charge in [-0.2, -0.15) is 0 Å². The van der Waals surface area contributed by atoms with Gasteiger partial charge in [-0.15, -0.1) is 0 Å². The van der Waals surface area contributed by atoms with E-state index in [1.54, 1.807) is 6.08 Å². The zero-order valence-electron chi connectivity index (χ0n) is 11.8. The molecule has 19 heavy (non-hydrogen) atoms. The van der Waals surface area contributed by atoms with Gasteiger partial charge in [-0.05, 0) is 45.1 Å². The Labute approximate surface area is 114 Å². The smallest absolute Gasteiger partial charge is 0.333 e. The van der Waals surface area contributed by atoms with Gasteiger partial charge in [0, 0.05) is 17.1 Å². The van der Waals surface area contributed by atoms with E-state index in [0.29, 0.717) is 5.57 Å². The first-order valence-corrected chi connectivity index (χ1v) is 6.65. The van der Waals surface area contributed by atoms with Crippen LogP contribution in [-0.2, 0) is 14.3 Å². The van der Waals surface area contributed by atoms with Crippen LogP contribution in [0.2, 0.25) is 0 Å². The van der Waals surface area contributed by atoms with Crippen LogP contribution in [0.3, 0.4) is 0 Å². The molecule has 102 valence electrons. The Balaban J connectivity index is 2.26. The van der Waals surface area contributed by atoms with Crippen molar-refractivity contribution in [3.8, 4) is 0 Å². The van der Waals surface area contributed by atoms with E-state index in [9.17, 15) is 9.59 Å². The van der Waals surface area contributed by atoms with Crippen LogP contribution in [0.1, 0.15) is 33.1 Å². The fourth-order valence-electron chi connectivity index (χ4n) is 3.14. The van der Waals surface area contributed by atoms with Crippen molar-refractivity contribution in [1.29, 1.82) is 0 Å². The molecular formula is C16H20O3. The van der Waals surface area contributed by atoms with Crippen LogP contribution in [0.25, 0.3) is 0 Å². The lowest BCUT2D eigenvalue weighted by molar-refractivity contribution is -0.136. The molecule has 0 aromatic carbocycles. The summed E-state index contributed by atoms with van der Waals surface area (Å²) in [5.74, 6) is 0.0574. The zero-order chi connectivity index (χ0) is 14.2. The van der Waals surface area contributed by atoms with Gasteiger partial charge in [-0.1, -0.05) is 17.7 Å². The van der Waals surface area contributed by atoms with Crippen molar-refractivity contribution in [3.05, 3.63) is 34.9 Å². The molecule has 0 aliphatic heterocycles. The van der Waals surface area contributed by atoms with Gasteiger partial charge in [0.05, 0.1) is 7.11 Å². The van der Waals surface area contributed by atoms with Gasteiger partial charge in [0.2, 0.25) is 0 Å². The highest BCUT2D eigenvalue weighted by atomic mass is 16.5. The lowest BCUT2D eigenvalue weighted by Gasteiger charge is -2.20. The molecule has 2 rings (SSSR count). The quantitative estimate of drug-likeness (QED) is 0.566. The Bertz CT molecular complexity index is 508. The number of allylic oxidation sites excluding steroid dienone is 4. The molecule has 0 aromatic rings. The molecule has 0 fully saturated rings. The summed E-state index contributed by atoms with van der Waals surface area (Å²) < 4.78 is 4.76. The van der Waals surface area contributed by atoms with Crippen LogP contribution in [-0.4, -0.2) is 18.9 Å². The van der Waals surface area contributed by atoms with Crippen LogP contribution < -0.4 is 0 Å². The van der Waals surface area contributed by atoms with Crippen molar-refractivity contribution in [1.82, 2.24) is 0 Å². The Kier molecular flexibility index (Phi) is 3.74. The van der Waals surface area contributed by atoms with Crippen molar-refractivity contribution >= 4 is 11.8 Å². The second kappa shape index (κ2) is 5.16. The lowest BCUT2D eigenvalue weighted by atomic mass is 9.84. The number of hydrogen-bond donors (Lipinski definition) is 0. The van der Waals surface area contributed by atoms with Crippen LogP contribution in [0.4, 0.5) is 0 Å². The molecule has 0 spiro atoms. The van der Waals surface area contributed by atoms with Crippen LogP contribution in [0.5, 0.6) is 0 Å². The number of carbonyl (C=O) groups is 2. The highest BCUT2D eigenvalue weighted by molar-refractivity contribution is 6.08. The van der Waals surface area contributed by atoms with E-state index < -0.39 is 0 Å². The molecule has 2 aliphatic carbocycles. The summed E-state index contributed by atoms with van der Waals surface area (Å²) in [6.45, 7) is 7.89. The summed E-state index contributed by atoms with van der Waals surface area (Å²) in [5.41, 5.74) is 3.73. The Morgan fingerprint density at radius 3 is 2.74 bits per heavy atom. The highest BCUT2D eigenvalue weighted by Crippen LogP contribution is 2.42.